The van der Waals surface area contributed by atoms with Gasteiger partial charge >= 0.3 is 0 Å². The average molecular weight is 713 g/mol. The molecular weight excluding hydrogens is 681 g/mol. The third-order valence-electron chi connectivity index (χ3n) is 11.6. The van der Waals surface area contributed by atoms with Crippen molar-refractivity contribution in [3.8, 4) is 33.6 Å². The summed E-state index contributed by atoms with van der Waals surface area (Å²) in [6.45, 7) is 0. The topological polar surface area (TPSA) is 35.6 Å². The molecule has 0 aliphatic heterocycles. The maximum atomic E-state index is 5.04. The largest absolute Gasteiger partial charge is 0.309 e. The Morgan fingerprint density at radius 1 is 0.268 bits per heavy atom. The predicted molar refractivity (Wildman–Crippen MR) is 234 cm³/mol. The fourth-order valence-corrected chi connectivity index (χ4v) is 9.05. The van der Waals surface area contributed by atoms with Crippen LogP contribution in [0, 0.1) is 0 Å². The molecule has 4 heteroatoms. The van der Waals surface area contributed by atoms with E-state index < -0.39 is 0 Å². The van der Waals surface area contributed by atoms with Crippen molar-refractivity contribution >= 4 is 76.2 Å². The number of hydrogen-bond donors (Lipinski definition) is 0. The minimum Gasteiger partial charge on any atom is -0.309 e. The van der Waals surface area contributed by atoms with Crippen molar-refractivity contribution in [3.63, 3.8) is 0 Å². The van der Waals surface area contributed by atoms with Crippen molar-refractivity contribution in [2.24, 2.45) is 0 Å². The lowest BCUT2D eigenvalue weighted by atomic mass is 9.96. The van der Waals surface area contributed by atoms with E-state index in [2.05, 4.69) is 191 Å². The summed E-state index contributed by atoms with van der Waals surface area (Å²) in [5, 5.41) is 9.40. The summed E-state index contributed by atoms with van der Waals surface area (Å²) < 4.78 is 4.80. The van der Waals surface area contributed by atoms with Crippen LogP contribution >= 0.6 is 0 Å². The molecule has 0 fully saturated rings. The Balaban J connectivity index is 1.15. The highest BCUT2D eigenvalue weighted by molar-refractivity contribution is 6.30. The summed E-state index contributed by atoms with van der Waals surface area (Å²) in [4.78, 5) is 10.1. The zero-order valence-corrected chi connectivity index (χ0v) is 30.3. The average Bonchev–Trinajstić information content (AvgIpc) is 3.78. The zero-order chi connectivity index (χ0) is 36.7. The van der Waals surface area contributed by atoms with Gasteiger partial charge in [-0.2, -0.15) is 0 Å². The second kappa shape index (κ2) is 12.0. The van der Waals surface area contributed by atoms with Crippen molar-refractivity contribution in [2.75, 3.05) is 0 Å². The van der Waals surface area contributed by atoms with Gasteiger partial charge in [-0.05, 0) is 93.7 Å². The van der Waals surface area contributed by atoms with E-state index in [1.54, 1.807) is 0 Å². The summed E-state index contributed by atoms with van der Waals surface area (Å²) in [7, 11) is 0. The first-order chi connectivity index (χ1) is 27.8. The fourth-order valence-electron chi connectivity index (χ4n) is 9.05. The number of rotatable bonds is 4. The van der Waals surface area contributed by atoms with E-state index in [-0.39, 0.29) is 0 Å². The number of hydrogen-bond acceptors (Lipinski definition) is 2. The Kier molecular flexibility index (Phi) is 6.60. The Bertz CT molecular complexity index is 3510. The van der Waals surface area contributed by atoms with Gasteiger partial charge < -0.3 is 9.13 Å². The molecule has 0 saturated carbocycles. The summed E-state index contributed by atoms with van der Waals surface area (Å²) in [6, 6.07) is 65.9. The molecule has 4 nitrogen and oxygen atoms in total. The van der Waals surface area contributed by atoms with E-state index in [1.807, 2.05) is 12.4 Å². The minimum atomic E-state index is 0.904. The summed E-state index contributed by atoms with van der Waals surface area (Å²) in [5.74, 6) is 0. The van der Waals surface area contributed by atoms with Gasteiger partial charge in [-0.25, -0.2) is 0 Å². The van der Waals surface area contributed by atoms with Crippen LogP contribution in [0.3, 0.4) is 0 Å². The molecular formula is C52H32N4. The highest BCUT2D eigenvalue weighted by Crippen LogP contribution is 2.43. The van der Waals surface area contributed by atoms with Gasteiger partial charge in [0, 0.05) is 56.1 Å². The Morgan fingerprint density at radius 2 is 0.732 bits per heavy atom. The van der Waals surface area contributed by atoms with E-state index in [4.69, 9.17) is 9.97 Å². The molecule has 3 aromatic heterocycles. The molecule has 0 aliphatic carbocycles. The third-order valence-corrected chi connectivity index (χ3v) is 11.6. The van der Waals surface area contributed by atoms with Crippen molar-refractivity contribution in [2.45, 2.75) is 0 Å². The molecule has 56 heavy (non-hydrogen) atoms. The van der Waals surface area contributed by atoms with Gasteiger partial charge in [0.15, 0.2) is 0 Å². The molecule has 0 unspecified atom stereocenters. The summed E-state index contributed by atoms with van der Waals surface area (Å²) >= 11 is 0. The second-order valence-corrected chi connectivity index (χ2v) is 14.6. The molecule has 3 heterocycles. The van der Waals surface area contributed by atoms with Crippen LogP contribution in [0.25, 0.3) is 110 Å². The summed E-state index contributed by atoms with van der Waals surface area (Å²) in [6.07, 6.45) is 3.64. The molecule has 9 aromatic carbocycles. The van der Waals surface area contributed by atoms with Gasteiger partial charge in [0.05, 0.1) is 33.1 Å². The van der Waals surface area contributed by atoms with Gasteiger partial charge in [0.2, 0.25) is 0 Å². The quantitative estimate of drug-likeness (QED) is 0.170. The van der Waals surface area contributed by atoms with Crippen LogP contribution in [0.15, 0.2) is 194 Å². The normalized spacial score (nSPS) is 11.9. The molecule has 12 rings (SSSR count). The SMILES string of the molecule is c1ccc(-c2ccc(-n3c4ccccc4c4cc5c6cc7c8ccccc8n(-c8cccc(-c9ccccc9)c8)c7cc6c6nccnc6c5cc43)cc2)cc1. The molecule has 260 valence electrons. The van der Waals surface area contributed by atoms with Crippen LogP contribution < -0.4 is 0 Å². The third kappa shape index (κ3) is 4.53. The highest BCUT2D eigenvalue weighted by Gasteiger charge is 2.20. The Labute approximate surface area is 322 Å². The highest BCUT2D eigenvalue weighted by atomic mass is 15.0. The maximum Gasteiger partial charge on any atom is 0.0972 e. The van der Waals surface area contributed by atoms with E-state index in [9.17, 15) is 0 Å². The Hall–Kier alpha value is -7.56. The molecule has 12 aromatic rings. The molecule has 0 aliphatic rings. The lowest BCUT2D eigenvalue weighted by molar-refractivity contribution is 1.18. The van der Waals surface area contributed by atoms with Crippen LogP contribution in [0.2, 0.25) is 0 Å². The molecule has 0 spiro atoms. The molecule has 0 amide bonds. The standard InChI is InChI=1S/C52H32N4/c1-3-12-33(13-4-1)35-22-24-37(25-23-35)55-47-20-9-7-18-39(47)43-29-41-42-30-44-40-19-8-10-21-48(40)56(38-17-11-16-36(28-38)34-14-5-2-6-15-34)50(44)32-46(42)52-51(53-26-27-54-52)45(41)31-49(43)55/h1-32H. The smallest absolute Gasteiger partial charge is 0.0972 e. The van der Waals surface area contributed by atoms with E-state index >= 15 is 0 Å². The van der Waals surface area contributed by atoms with E-state index in [0.717, 1.165) is 44.2 Å². The lowest BCUT2D eigenvalue weighted by Crippen LogP contribution is -1.96. The molecule has 0 atom stereocenters. The maximum absolute atomic E-state index is 5.04. The van der Waals surface area contributed by atoms with Gasteiger partial charge in [-0.1, -0.05) is 121 Å². The van der Waals surface area contributed by atoms with Crippen LogP contribution in [0.4, 0.5) is 0 Å². The van der Waals surface area contributed by atoms with Crippen LogP contribution in [-0.2, 0) is 0 Å². The van der Waals surface area contributed by atoms with Crippen molar-refractivity contribution in [1.82, 2.24) is 19.1 Å². The number of nitrogens with zero attached hydrogens (tertiary/aromatic N) is 4. The zero-order valence-electron chi connectivity index (χ0n) is 30.3. The molecule has 0 radical (unpaired) electrons. The first-order valence-corrected chi connectivity index (χ1v) is 19.1. The van der Waals surface area contributed by atoms with E-state index in [1.165, 1.54) is 65.6 Å². The molecule has 0 N–H and O–H groups in total. The number of aromatic nitrogens is 4. The monoisotopic (exact) mass is 712 g/mol. The first-order valence-electron chi connectivity index (χ1n) is 19.1. The predicted octanol–water partition coefficient (Wildman–Crippen LogP) is 13.5. The fraction of sp³-hybridized carbons (Fsp3) is 0. The number of para-hydroxylation sites is 2. The summed E-state index contributed by atoms with van der Waals surface area (Å²) in [5.41, 5.74) is 13.5. The first kappa shape index (κ1) is 30.9. The number of fused-ring (bicyclic) bond motifs is 12. The molecule has 0 saturated heterocycles. The van der Waals surface area contributed by atoms with Crippen LogP contribution in [0.1, 0.15) is 0 Å². The van der Waals surface area contributed by atoms with Gasteiger partial charge in [-0.3, -0.25) is 9.97 Å². The van der Waals surface area contributed by atoms with Crippen molar-refractivity contribution < 1.29 is 0 Å². The van der Waals surface area contributed by atoms with Gasteiger partial charge in [0.25, 0.3) is 0 Å². The van der Waals surface area contributed by atoms with Crippen molar-refractivity contribution in [3.05, 3.63) is 194 Å². The number of benzene rings is 9. The molecule has 0 bridgehead atoms. The van der Waals surface area contributed by atoms with Gasteiger partial charge in [0.1, 0.15) is 0 Å². The van der Waals surface area contributed by atoms with E-state index in [0.29, 0.717) is 0 Å². The van der Waals surface area contributed by atoms with Crippen molar-refractivity contribution in [1.29, 1.82) is 0 Å². The van der Waals surface area contributed by atoms with Crippen LogP contribution in [-0.4, -0.2) is 19.1 Å². The lowest BCUT2D eigenvalue weighted by Gasteiger charge is -2.13. The van der Waals surface area contributed by atoms with Gasteiger partial charge in [-0.15, -0.1) is 0 Å². The second-order valence-electron chi connectivity index (χ2n) is 14.6. The van der Waals surface area contributed by atoms with Crippen LogP contribution in [0.5, 0.6) is 0 Å². The Morgan fingerprint density at radius 3 is 1.30 bits per heavy atom. The minimum absolute atomic E-state index is 0.904.